The molecule has 2 saturated heterocycles. The third-order valence-corrected chi connectivity index (χ3v) is 8.25. The number of carbonyl (C=O) groups is 1. The Balaban J connectivity index is 1.58. The van der Waals surface area contributed by atoms with Crippen LogP contribution in [0, 0.1) is 5.92 Å². The summed E-state index contributed by atoms with van der Waals surface area (Å²) in [7, 11) is 0. The van der Waals surface area contributed by atoms with Crippen molar-refractivity contribution >= 4 is 11.6 Å². The van der Waals surface area contributed by atoms with Crippen molar-refractivity contribution in [3.05, 3.63) is 29.8 Å². The van der Waals surface area contributed by atoms with Crippen LogP contribution in [0.3, 0.4) is 0 Å². The number of nitrogens with zero attached hydrogens (tertiary/aromatic N) is 2. The molecule has 4 rings (SSSR count). The van der Waals surface area contributed by atoms with Gasteiger partial charge in [-0.05, 0) is 58.1 Å². The Labute approximate surface area is 188 Å². The van der Waals surface area contributed by atoms with Gasteiger partial charge in [-0.2, -0.15) is 0 Å². The topological polar surface area (TPSA) is 48.2 Å². The number of fused-ring (bicyclic) bond motifs is 1. The van der Waals surface area contributed by atoms with Crippen LogP contribution in [0.4, 0.5) is 5.69 Å². The van der Waals surface area contributed by atoms with Gasteiger partial charge in [-0.3, -0.25) is 4.79 Å². The molecular formula is C26H42N3O2+. The van der Waals surface area contributed by atoms with Crippen molar-refractivity contribution in [2.45, 2.75) is 76.9 Å². The Morgan fingerprint density at radius 1 is 1.06 bits per heavy atom. The average Bonchev–Trinajstić information content (AvgIpc) is 2.81. The normalized spacial score (nSPS) is 31.2. The molecule has 172 valence electrons. The summed E-state index contributed by atoms with van der Waals surface area (Å²) in [6.45, 7) is 9.68. The van der Waals surface area contributed by atoms with Crippen molar-refractivity contribution in [2.75, 3.05) is 44.2 Å². The fourth-order valence-corrected chi connectivity index (χ4v) is 6.45. The third-order valence-electron chi connectivity index (χ3n) is 8.25. The van der Waals surface area contributed by atoms with Gasteiger partial charge in [0.25, 0.3) is 5.91 Å². The van der Waals surface area contributed by atoms with Gasteiger partial charge in [0.05, 0.1) is 12.1 Å². The highest BCUT2D eigenvalue weighted by Gasteiger charge is 2.52. The largest absolute Gasteiger partial charge is 0.389 e. The summed E-state index contributed by atoms with van der Waals surface area (Å²) in [4.78, 5) is 19.0. The van der Waals surface area contributed by atoms with E-state index in [9.17, 15) is 9.90 Å². The number of piperidine rings is 2. The van der Waals surface area contributed by atoms with Crippen molar-refractivity contribution in [1.82, 2.24) is 4.90 Å². The maximum absolute atomic E-state index is 13.1. The third kappa shape index (κ3) is 4.78. The van der Waals surface area contributed by atoms with Gasteiger partial charge in [0.15, 0.2) is 6.54 Å². The highest BCUT2D eigenvalue weighted by Crippen LogP contribution is 2.44. The second kappa shape index (κ2) is 9.91. The smallest absolute Gasteiger partial charge is 0.277 e. The minimum absolute atomic E-state index is 0.207. The van der Waals surface area contributed by atoms with Crippen LogP contribution >= 0.6 is 0 Å². The highest BCUT2D eigenvalue weighted by atomic mass is 16.3. The first-order chi connectivity index (χ1) is 15.1. The number of rotatable bonds is 6. The predicted octanol–water partition coefficient (Wildman–Crippen LogP) is 2.80. The Morgan fingerprint density at radius 2 is 1.77 bits per heavy atom. The number of amides is 1. The molecule has 3 aliphatic rings. The minimum atomic E-state index is -0.557. The van der Waals surface area contributed by atoms with E-state index in [0.29, 0.717) is 12.5 Å². The molecule has 0 aromatic heterocycles. The number of anilines is 1. The number of benzene rings is 1. The van der Waals surface area contributed by atoms with Crippen LogP contribution in [0.25, 0.3) is 0 Å². The lowest BCUT2D eigenvalue weighted by atomic mass is 9.66. The predicted molar refractivity (Wildman–Crippen MR) is 125 cm³/mol. The van der Waals surface area contributed by atoms with Gasteiger partial charge in [0.2, 0.25) is 0 Å². The van der Waals surface area contributed by atoms with E-state index in [-0.39, 0.29) is 12.0 Å². The minimum Gasteiger partial charge on any atom is -0.389 e. The number of carbonyl (C=O) groups excluding carboxylic acids is 1. The fraction of sp³-hybridized carbons (Fsp3) is 0.731. The number of nitrogens with one attached hydrogen (secondary N) is 1. The zero-order valence-corrected chi connectivity index (χ0v) is 19.6. The molecule has 0 bridgehead atoms. The molecule has 5 heteroatoms. The highest BCUT2D eigenvalue weighted by molar-refractivity contribution is 5.77. The van der Waals surface area contributed by atoms with E-state index in [1.165, 1.54) is 29.0 Å². The first-order valence-electron chi connectivity index (χ1n) is 12.8. The van der Waals surface area contributed by atoms with Gasteiger partial charge in [-0.1, -0.05) is 25.0 Å². The molecule has 0 radical (unpaired) electrons. The SMILES string of the molecule is CCN(CC)c1ccc([C@@H]2[C@@H]3CCCC[C@]3(O)CC[NH+]2CC(=O)N2CCCCC2)cc1. The molecule has 1 saturated carbocycles. The molecule has 1 aromatic rings. The van der Waals surface area contributed by atoms with Gasteiger partial charge >= 0.3 is 0 Å². The second-order valence-corrected chi connectivity index (χ2v) is 9.97. The second-order valence-electron chi connectivity index (χ2n) is 9.97. The maximum Gasteiger partial charge on any atom is 0.277 e. The standard InChI is InChI=1S/C26H41N3O2/c1-3-27(4-2)22-13-11-21(12-14-22)25-23-10-6-7-15-26(23,31)16-19-29(25)20-24(30)28-17-8-5-9-18-28/h11-14,23,25,31H,3-10,15-20H2,1-2H3/p+1/t23-,25+,26-/m0/s1. The molecule has 2 heterocycles. The molecule has 2 aliphatic heterocycles. The van der Waals surface area contributed by atoms with E-state index in [2.05, 4.69) is 47.9 Å². The number of hydrogen-bond donors (Lipinski definition) is 2. The monoisotopic (exact) mass is 428 g/mol. The molecule has 2 N–H and O–H groups in total. The van der Waals surface area contributed by atoms with Crippen molar-refractivity contribution in [1.29, 1.82) is 0 Å². The van der Waals surface area contributed by atoms with Crippen molar-refractivity contribution < 1.29 is 14.8 Å². The van der Waals surface area contributed by atoms with Crippen LogP contribution in [-0.4, -0.2) is 60.8 Å². The molecule has 0 spiro atoms. The van der Waals surface area contributed by atoms with Crippen LogP contribution in [0.15, 0.2) is 24.3 Å². The lowest BCUT2D eigenvalue weighted by Crippen LogP contribution is -3.16. The van der Waals surface area contributed by atoms with Gasteiger partial charge in [-0.15, -0.1) is 0 Å². The van der Waals surface area contributed by atoms with Crippen molar-refractivity contribution in [2.24, 2.45) is 5.92 Å². The Morgan fingerprint density at radius 3 is 2.45 bits per heavy atom. The van der Waals surface area contributed by atoms with E-state index in [1.54, 1.807) is 0 Å². The lowest BCUT2D eigenvalue weighted by molar-refractivity contribution is -0.938. The first-order valence-corrected chi connectivity index (χ1v) is 12.8. The van der Waals surface area contributed by atoms with Gasteiger partial charge in [0.1, 0.15) is 6.04 Å². The number of hydrogen-bond acceptors (Lipinski definition) is 3. The van der Waals surface area contributed by atoms with Crippen molar-refractivity contribution in [3.8, 4) is 0 Å². The molecule has 1 unspecified atom stereocenters. The summed E-state index contributed by atoms with van der Waals surface area (Å²) in [5, 5.41) is 11.5. The Kier molecular flexibility index (Phi) is 7.22. The van der Waals surface area contributed by atoms with Crippen LogP contribution < -0.4 is 9.80 Å². The van der Waals surface area contributed by atoms with Crippen molar-refractivity contribution in [3.63, 3.8) is 0 Å². The quantitative estimate of drug-likeness (QED) is 0.733. The summed E-state index contributed by atoms with van der Waals surface area (Å²) in [6.07, 6.45) is 8.65. The average molecular weight is 429 g/mol. The van der Waals surface area contributed by atoms with Gasteiger partial charge in [0, 0.05) is 49.8 Å². The molecule has 3 fully saturated rings. The molecule has 4 atom stereocenters. The van der Waals surface area contributed by atoms with Crippen LogP contribution in [0.1, 0.15) is 76.8 Å². The van der Waals surface area contributed by atoms with E-state index in [4.69, 9.17) is 0 Å². The summed E-state index contributed by atoms with van der Waals surface area (Å²) < 4.78 is 0. The molecular weight excluding hydrogens is 386 g/mol. The first kappa shape index (κ1) is 22.6. The number of likely N-dealkylation sites (tertiary alicyclic amines) is 2. The zero-order chi connectivity index (χ0) is 21.8. The summed E-state index contributed by atoms with van der Waals surface area (Å²) in [5.74, 6) is 0.555. The number of aliphatic hydroxyl groups is 1. The van der Waals surface area contributed by atoms with E-state index in [0.717, 1.165) is 71.2 Å². The molecule has 5 nitrogen and oxygen atoms in total. The van der Waals surface area contributed by atoms with E-state index in [1.807, 2.05) is 0 Å². The molecule has 1 aromatic carbocycles. The molecule has 31 heavy (non-hydrogen) atoms. The number of quaternary nitrogens is 1. The van der Waals surface area contributed by atoms with E-state index >= 15 is 0 Å². The molecule has 1 aliphatic carbocycles. The summed E-state index contributed by atoms with van der Waals surface area (Å²) in [6, 6.07) is 9.22. The summed E-state index contributed by atoms with van der Waals surface area (Å²) >= 11 is 0. The lowest BCUT2D eigenvalue weighted by Gasteiger charge is -2.50. The van der Waals surface area contributed by atoms with Gasteiger partial charge in [-0.25, -0.2) is 0 Å². The summed E-state index contributed by atoms with van der Waals surface area (Å²) in [5.41, 5.74) is 2.00. The molecule has 1 amide bonds. The van der Waals surface area contributed by atoms with Crippen LogP contribution in [-0.2, 0) is 4.79 Å². The van der Waals surface area contributed by atoms with E-state index < -0.39 is 5.60 Å². The maximum atomic E-state index is 13.1. The van der Waals surface area contributed by atoms with Gasteiger partial charge < -0.3 is 19.8 Å². The van der Waals surface area contributed by atoms with Crippen LogP contribution in [0.5, 0.6) is 0 Å². The fourth-order valence-electron chi connectivity index (χ4n) is 6.45. The Hall–Kier alpha value is -1.59. The Bertz CT molecular complexity index is 727. The zero-order valence-electron chi connectivity index (χ0n) is 19.6. The van der Waals surface area contributed by atoms with Crippen LogP contribution in [0.2, 0.25) is 0 Å².